The minimum absolute atomic E-state index is 0.259. The monoisotopic (exact) mass is 551 g/mol. The Kier molecular flexibility index (Phi) is 7.92. The summed E-state index contributed by atoms with van der Waals surface area (Å²) in [6.07, 6.45) is 0. The van der Waals surface area contributed by atoms with Gasteiger partial charge in [0, 0.05) is 17.0 Å². The van der Waals surface area contributed by atoms with Crippen molar-refractivity contribution < 1.29 is 32.9 Å². The summed E-state index contributed by atoms with van der Waals surface area (Å²) in [4.78, 5) is 17.8. The summed E-state index contributed by atoms with van der Waals surface area (Å²) in [5, 5.41) is 1.64. The number of esters is 1. The molecule has 1 heterocycles. The van der Waals surface area contributed by atoms with Crippen molar-refractivity contribution in [1.29, 1.82) is 0 Å². The molecule has 1 aromatic heterocycles. The number of fused-ring (bicyclic) bond motifs is 1. The van der Waals surface area contributed by atoms with E-state index in [1.807, 2.05) is 55.5 Å². The number of aryl methyl sites for hydroxylation is 1. The van der Waals surface area contributed by atoms with Gasteiger partial charge < -0.3 is 28.1 Å². The van der Waals surface area contributed by atoms with Crippen LogP contribution < -0.4 is 29.0 Å². The minimum Gasteiger partial charge on any atom is -0.497 e. The third kappa shape index (κ3) is 5.86. The van der Waals surface area contributed by atoms with E-state index >= 15 is 0 Å². The summed E-state index contributed by atoms with van der Waals surface area (Å²) < 4.78 is 33.1. The van der Waals surface area contributed by atoms with Crippen molar-refractivity contribution in [2.75, 3.05) is 28.4 Å². The maximum absolute atomic E-state index is 12.9. The van der Waals surface area contributed by atoms with Gasteiger partial charge in [-0.2, -0.15) is 0 Å². The number of ether oxygens (including phenoxy) is 5. The van der Waals surface area contributed by atoms with Crippen molar-refractivity contribution in [3.8, 4) is 40.1 Å². The fourth-order valence-electron chi connectivity index (χ4n) is 4.37. The summed E-state index contributed by atoms with van der Waals surface area (Å²) in [7, 11) is 6.10. The van der Waals surface area contributed by atoms with Crippen LogP contribution in [-0.4, -0.2) is 34.4 Å². The van der Waals surface area contributed by atoms with Crippen LogP contribution in [0, 0.1) is 6.92 Å². The van der Waals surface area contributed by atoms with Gasteiger partial charge in [-0.15, -0.1) is 0 Å². The van der Waals surface area contributed by atoms with Crippen LogP contribution >= 0.6 is 0 Å². The van der Waals surface area contributed by atoms with Crippen molar-refractivity contribution in [1.82, 2.24) is 0 Å². The molecule has 0 aliphatic carbocycles. The fourth-order valence-corrected chi connectivity index (χ4v) is 4.37. The molecule has 5 aromatic rings. The van der Waals surface area contributed by atoms with Gasteiger partial charge in [-0.25, -0.2) is 9.79 Å². The molecule has 0 N–H and O–H groups in total. The summed E-state index contributed by atoms with van der Waals surface area (Å²) >= 11 is 0. The molecular formula is C33H29NO7. The maximum Gasteiger partial charge on any atom is 0.343 e. The quantitative estimate of drug-likeness (QED) is 0.153. The van der Waals surface area contributed by atoms with Gasteiger partial charge >= 0.3 is 5.97 Å². The maximum atomic E-state index is 12.9. The number of methoxy groups -OCH3 is 4. The van der Waals surface area contributed by atoms with Gasteiger partial charge in [0.2, 0.25) is 5.75 Å². The van der Waals surface area contributed by atoms with Crippen LogP contribution in [0.25, 0.3) is 22.3 Å². The number of hydrogen-bond donors (Lipinski definition) is 0. The molecule has 0 unspecified atom stereocenters. The number of rotatable bonds is 8. The molecule has 0 saturated heterocycles. The predicted molar refractivity (Wildman–Crippen MR) is 156 cm³/mol. The lowest BCUT2D eigenvalue weighted by molar-refractivity contribution is 0.0734. The van der Waals surface area contributed by atoms with Gasteiger partial charge in [0.25, 0.3) is 0 Å². The summed E-state index contributed by atoms with van der Waals surface area (Å²) in [6, 6.07) is 25.6. The molecule has 0 aliphatic rings. The van der Waals surface area contributed by atoms with E-state index in [0.717, 1.165) is 33.2 Å². The molecule has 8 heteroatoms. The van der Waals surface area contributed by atoms with Gasteiger partial charge in [-0.05, 0) is 79.7 Å². The molecule has 41 heavy (non-hydrogen) atoms. The molecule has 8 nitrogen and oxygen atoms in total. The van der Waals surface area contributed by atoms with Gasteiger partial charge in [-0.3, -0.25) is 0 Å². The Morgan fingerprint density at radius 2 is 1.37 bits per heavy atom. The first kappa shape index (κ1) is 27.3. The third-order valence-electron chi connectivity index (χ3n) is 6.47. The lowest BCUT2D eigenvalue weighted by atomic mass is 10.1. The number of nitrogens with zero attached hydrogens (tertiary/aromatic N) is 1. The van der Waals surface area contributed by atoms with Crippen LogP contribution in [0.2, 0.25) is 0 Å². The highest BCUT2D eigenvalue weighted by Crippen LogP contribution is 2.38. The van der Waals surface area contributed by atoms with E-state index < -0.39 is 5.97 Å². The lowest BCUT2D eigenvalue weighted by Gasteiger charge is -2.13. The van der Waals surface area contributed by atoms with E-state index in [4.69, 9.17) is 33.1 Å². The first-order valence-corrected chi connectivity index (χ1v) is 12.8. The van der Waals surface area contributed by atoms with Crippen molar-refractivity contribution in [3.63, 3.8) is 0 Å². The molecule has 4 aromatic carbocycles. The lowest BCUT2D eigenvalue weighted by Crippen LogP contribution is -2.09. The van der Waals surface area contributed by atoms with E-state index in [2.05, 4.69) is 0 Å². The molecule has 0 amide bonds. The minimum atomic E-state index is -0.566. The van der Waals surface area contributed by atoms with Crippen molar-refractivity contribution >= 4 is 22.6 Å². The number of hydrogen-bond acceptors (Lipinski definition) is 8. The topological polar surface area (TPSA) is 88.7 Å². The van der Waals surface area contributed by atoms with Gasteiger partial charge in [-0.1, -0.05) is 11.6 Å². The van der Waals surface area contributed by atoms with E-state index in [-0.39, 0.29) is 5.56 Å². The van der Waals surface area contributed by atoms with E-state index in [9.17, 15) is 4.79 Å². The number of carbonyl (C=O) groups is 1. The first-order valence-electron chi connectivity index (χ1n) is 12.8. The molecule has 0 atom stereocenters. The SMILES string of the molecule is COc1ccc(-c2cc(=Nc3ccc(OC(=O)c4cc(OC)c(OC)c(OC)c4)cc3)c3cc(C)ccc3o2)cc1. The van der Waals surface area contributed by atoms with Crippen molar-refractivity contribution in [3.05, 3.63) is 101 Å². The van der Waals surface area contributed by atoms with E-state index in [0.29, 0.717) is 34.4 Å². The summed E-state index contributed by atoms with van der Waals surface area (Å²) in [5.74, 6) is 2.36. The van der Waals surface area contributed by atoms with Crippen LogP contribution in [0.4, 0.5) is 5.69 Å². The molecule has 0 aliphatic heterocycles. The molecular weight excluding hydrogens is 522 g/mol. The standard InChI is InChI=1S/C33H29NO7/c1-20-6-15-28-26(16-20)27(19-29(41-28)21-7-11-24(36-2)12-8-21)34-23-9-13-25(14-10-23)40-33(35)22-17-30(37-3)32(39-5)31(18-22)38-4/h6-19H,1-5H3. The third-order valence-corrected chi connectivity index (χ3v) is 6.47. The van der Waals surface area contributed by atoms with Crippen LogP contribution in [0.5, 0.6) is 28.7 Å². The van der Waals surface area contributed by atoms with Gasteiger partial charge in [0.1, 0.15) is 22.8 Å². The molecule has 208 valence electrons. The highest BCUT2D eigenvalue weighted by Gasteiger charge is 2.18. The molecule has 0 radical (unpaired) electrons. The van der Waals surface area contributed by atoms with Crippen LogP contribution in [0.1, 0.15) is 15.9 Å². The van der Waals surface area contributed by atoms with Crippen LogP contribution in [0.15, 0.2) is 94.3 Å². The average molecular weight is 552 g/mol. The number of benzene rings is 4. The predicted octanol–water partition coefficient (Wildman–Crippen LogP) is 6.89. The first-order chi connectivity index (χ1) is 19.9. The Morgan fingerprint density at radius 1 is 0.707 bits per heavy atom. The van der Waals surface area contributed by atoms with Crippen LogP contribution in [0.3, 0.4) is 0 Å². The molecule has 0 bridgehead atoms. The zero-order valence-electron chi connectivity index (χ0n) is 23.4. The van der Waals surface area contributed by atoms with Gasteiger partial charge in [0.05, 0.1) is 45.0 Å². The van der Waals surface area contributed by atoms with E-state index in [1.54, 1.807) is 43.5 Å². The molecule has 5 rings (SSSR count). The Morgan fingerprint density at radius 3 is 1.98 bits per heavy atom. The highest BCUT2D eigenvalue weighted by molar-refractivity contribution is 5.92. The Labute approximate surface area is 237 Å². The average Bonchev–Trinajstić information content (AvgIpc) is 3.01. The normalized spacial score (nSPS) is 11.3. The Balaban J connectivity index is 1.46. The Bertz CT molecular complexity index is 1750. The zero-order valence-corrected chi connectivity index (χ0v) is 23.4. The smallest absolute Gasteiger partial charge is 0.343 e. The van der Waals surface area contributed by atoms with Crippen molar-refractivity contribution in [2.24, 2.45) is 4.99 Å². The summed E-state index contributed by atoms with van der Waals surface area (Å²) in [6.45, 7) is 2.03. The molecule has 0 spiro atoms. The molecule has 0 saturated carbocycles. The molecule has 0 fully saturated rings. The largest absolute Gasteiger partial charge is 0.497 e. The fraction of sp³-hybridized carbons (Fsp3) is 0.152. The van der Waals surface area contributed by atoms with Crippen molar-refractivity contribution in [2.45, 2.75) is 6.92 Å². The van der Waals surface area contributed by atoms with Gasteiger partial charge in [0.15, 0.2) is 11.5 Å². The second-order valence-electron chi connectivity index (χ2n) is 9.13. The summed E-state index contributed by atoms with van der Waals surface area (Å²) in [5.41, 5.74) is 3.66. The highest BCUT2D eigenvalue weighted by atomic mass is 16.5. The van der Waals surface area contributed by atoms with E-state index in [1.165, 1.54) is 21.3 Å². The number of carbonyl (C=O) groups excluding carboxylic acids is 1. The second-order valence-corrected chi connectivity index (χ2v) is 9.13. The Hall–Kier alpha value is -5.24. The zero-order chi connectivity index (χ0) is 28.9. The van der Waals surface area contributed by atoms with Crippen LogP contribution in [-0.2, 0) is 0 Å². The second kappa shape index (κ2) is 11.9.